The summed E-state index contributed by atoms with van der Waals surface area (Å²) in [6, 6.07) is 3.24. The van der Waals surface area contributed by atoms with Crippen molar-refractivity contribution in [2.24, 2.45) is 0 Å². The van der Waals surface area contributed by atoms with E-state index in [9.17, 15) is 9.59 Å². The third kappa shape index (κ3) is 4.91. The lowest BCUT2D eigenvalue weighted by molar-refractivity contribution is -0.141. The number of aryl methyl sites for hydroxylation is 2. The van der Waals surface area contributed by atoms with Crippen LogP contribution in [-0.4, -0.2) is 56.9 Å². The topological polar surface area (TPSA) is 92.2 Å². The first kappa shape index (κ1) is 19.0. The first-order valence-corrected chi connectivity index (χ1v) is 9.36. The van der Waals surface area contributed by atoms with Crippen molar-refractivity contribution in [3.63, 3.8) is 0 Å². The highest BCUT2D eigenvalue weighted by atomic mass is 16.2. The van der Waals surface area contributed by atoms with Gasteiger partial charge in [0, 0.05) is 70.4 Å². The van der Waals surface area contributed by atoms with Crippen molar-refractivity contribution >= 4 is 11.8 Å². The maximum Gasteiger partial charge on any atom is 0.244 e. The SMILES string of the molecule is CCc1nccn1CCC(=O)N1CCNCC1C(=O)NCc1ccncc1. The molecule has 144 valence electrons. The third-order valence-corrected chi connectivity index (χ3v) is 4.77. The van der Waals surface area contributed by atoms with Crippen LogP contribution in [0.15, 0.2) is 36.9 Å². The van der Waals surface area contributed by atoms with Gasteiger partial charge in [-0.25, -0.2) is 4.98 Å². The van der Waals surface area contributed by atoms with Gasteiger partial charge in [-0.05, 0) is 17.7 Å². The summed E-state index contributed by atoms with van der Waals surface area (Å²) >= 11 is 0. The Labute approximate surface area is 159 Å². The second-order valence-electron chi connectivity index (χ2n) is 6.52. The molecular formula is C19H26N6O2. The number of piperazine rings is 1. The summed E-state index contributed by atoms with van der Waals surface area (Å²) in [4.78, 5) is 35.3. The minimum absolute atomic E-state index is 0.00341. The molecule has 8 nitrogen and oxygen atoms in total. The number of carbonyl (C=O) groups excluding carboxylic acids is 2. The zero-order valence-electron chi connectivity index (χ0n) is 15.6. The van der Waals surface area contributed by atoms with Gasteiger partial charge in [0.2, 0.25) is 11.8 Å². The van der Waals surface area contributed by atoms with Crippen molar-refractivity contribution in [1.82, 2.24) is 30.1 Å². The molecule has 0 aromatic carbocycles. The van der Waals surface area contributed by atoms with Crippen molar-refractivity contribution in [3.05, 3.63) is 48.3 Å². The molecule has 0 radical (unpaired) electrons. The highest BCUT2D eigenvalue weighted by molar-refractivity contribution is 5.88. The Kier molecular flexibility index (Phi) is 6.54. The number of aromatic nitrogens is 3. The Morgan fingerprint density at radius 3 is 2.89 bits per heavy atom. The lowest BCUT2D eigenvalue weighted by Crippen LogP contribution is -2.59. The average Bonchev–Trinajstić information content (AvgIpc) is 3.18. The molecule has 2 N–H and O–H groups in total. The number of rotatable bonds is 7. The molecule has 1 atom stereocenters. The molecule has 0 bridgehead atoms. The zero-order valence-corrected chi connectivity index (χ0v) is 15.6. The maximum atomic E-state index is 12.8. The van der Waals surface area contributed by atoms with Crippen molar-refractivity contribution in [2.75, 3.05) is 19.6 Å². The van der Waals surface area contributed by atoms with Crippen LogP contribution in [0.4, 0.5) is 0 Å². The van der Waals surface area contributed by atoms with Crippen LogP contribution in [0.1, 0.15) is 24.7 Å². The molecule has 1 fully saturated rings. The maximum absolute atomic E-state index is 12.8. The molecule has 2 aromatic rings. The van der Waals surface area contributed by atoms with Crippen LogP contribution in [0.25, 0.3) is 0 Å². The first-order chi connectivity index (χ1) is 13.2. The van der Waals surface area contributed by atoms with Gasteiger partial charge >= 0.3 is 0 Å². The number of imidazole rings is 1. The van der Waals surface area contributed by atoms with E-state index in [2.05, 4.69) is 20.6 Å². The van der Waals surface area contributed by atoms with E-state index in [0.717, 1.165) is 17.8 Å². The summed E-state index contributed by atoms with van der Waals surface area (Å²) in [5.41, 5.74) is 0.979. The van der Waals surface area contributed by atoms with Crippen LogP contribution in [0, 0.1) is 0 Å². The van der Waals surface area contributed by atoms with Gasteiger partial charge in [-0.15, -0.1) is 0 Å². The van der Waals surface area contributed by atoms with Gasteiger partial charge in [0.05, 0.1) is 0 Å². The van der Waals surface area contributed by atoms with E-state index in [1.807, 2.05) is 29.8 Å². The minimum atomic E-state index is -0.485. The standard InChI is InChI=1S/C19H26N6O2/c1-2-17-22-9-11-24(17)10-5-18(26)25-12-8-21-14-16(25)19(27)23-13-15-3-6-20-7-4-15/h3-4,6-7,9,11,16,21H,2,5,8,10,12-14H2,1H3,(H,23,27). The fourth-order valence-electron chi connectivity index (χ4n) is 3.26. The second kappa shape index (κ2) is 9.27. The van der Waals surface area contributed by atoms with Gasteiger partial charge in [-0.2, -0.15) is 0 Å². The smallest absolute Gasteiger partial charge is 0.244 e. The van der Waals surface area contributed by atoms with E-state index in [0.29, 0.717) is 39.1 Å². The van der Waals surface area contributed by atoms with Gasteiger partial charge in [0.15, 0.2) is 0 Å². The van der Waals surface area contributed by atoms with Crippen molar-refractivity contribution in [1.29, 1.82) is 0 Å². The Hall–Kier alpha value is -2.74. The van der Waals surface area contributed by atoms with E-state index < -0.39 is 6.04 Å². The van der Waals surface area contributed by atoms with Crippen LogP contribution in [0.3, 0.4) is 0 Å². The zero-order chi connectivity index (χ0) is 19.1. The number of nitrogens with one attached hydrogen (secondary N) is 2. The second-order valence-corrected chi connectivity index (χ2v) is 6.52. The van der Waals surface area contributed by atoms with Crippen molar-refractivity contribution < 1.29 is 9.59 Å². The van der Waals surface area contributed by atoms with E-state index >= 15 is 0 Å². The van der Waals surface area contributed by atoms with Crippen LogP contribution in [0.2, 0.25) is 0 Å². The minimum Gasteiger partial charge on any atom is -0.350 e. The number of pyridine rings is 1. The first-order valence-electron chi connectivity index (χ1n) is 9.36. The molecule has 2 amide bonds. The highest BCUT2D eigenvalue weighted by Crippen LogP contribution is 2.09. The number of hydrogen-bond donors (Lipinski definition) is 2. The van der Waals surface area contributed by atoms with E-state index in [1.165, 1.54) is 0 Å². The quantitative estimate of drug-likeness (QED) is 0.734. The molecule has 3 heterocycles. The fourth-order valence-corrected chi connectivity index (χ4v) is 3.26. The predicted octanol–water partition coefficient (Wildman–Crippen LogP) is 0.347. The Morgan fingerprint density at radius 2 is 2.11 bits per heavy atom. The van der Waals surface area contributed by atoms with Gasteiger partial charge < -0.3 is 20.1 Å². The lowest BCUT2D eigenvalue weighted by Gasteiger charge is -2.35. The van der Waals surface area contributed by atoms with Crippen LogP contribution in [-0.2, 0) is 29.1 Å². The normalized spacial score (nSPS) is 16.9. The van der Waals surface area contributed by atoms with Gasteiger partial charge in [-0.1, -0.05) is 6.92 Å². The van der Waals surface area contributed by atoms with Gasteiger partial charge in [-0.3, -0.25) is 14.6 Å². The molecule has 1 unspecified atom stereocenters. The molecule has 0 aliphatic carbocycles. The molecule has 2 aromatic heterocycles. The Morgan fingerprint density at radius 1 is 1.30 bits per heavy atom. The summed E-state index contributed by atoms with van der Waals surface area (Å²) in [5.74, 6) is 0.829. The lowest BCUT2D eigenvalue weighted by atomic mass is 10.1. The van der Waals surface area contributed by atoms with Crippen molar-refractivity contribution in [2.45, 2.75) is 38.9 Å². The highest BCUT2D eigenvalue weighted by Gasteiger charge is 2.31. The molecule has 1 aliphatic heterocycles. The average molecular weight is 370 g/mol. The van der Waals surface area contributed by atoms with Crippen LogP contribution in [0.5, 0.6) is 0 Å². The molecule has 3 rings (SSSR count). The molecule has 1 saturated heterocycles. The van der Waals surface area contributed by atoms with Gasteiger partial charge in [0.1, 0.15) is 11.9 Å². The number of carbonyl (C=O) groups is 2. The molecule has 0 spiro atoms. The summed E-state index contributed by atoms with van der Waals surface area (Å²) < 4.78 is 2.00. The number of nitrogens with zero attached hydrogens (tertiary/aromatic N) is 4. The molecule has 8 heteroatoms. The summed E-state index contributed by atoms with van der Waals surface area (Å²) in [7, 11) is 0. The largest absolute Gasteiger partial charge is 0.350 e. The number of amides is 2. The monoisotopic (exact) mass is 370 g/mol. The Balaban J connectivity index is 1.57. The summed E-state index contributed by atoms with van der Waals surface area (Å²) in [6.07, 6.45) is 8.22. The van der Waals surface area contributed by atoms with E-state index in [-0.39, 0.29) is 11.8 Å². The van der Waals surface area contributed by atoms with Crippen LogP contribution >= 0.6 is 0 Å². The van der Waals surface area contributed by atoms with Crippen molar-refractivity contribution in [3.8, 4) is 0 Å². The molecule has 1 aliphatic rings. The van der Waals surface area contributed by atoms with E-state index in [4.69, 9.17) is 0 Å². The molecule has 27 heavy (non-hydrogen) atoms. The van der Waals surface area contributed by atoms with Gasteiger partial charge in [0.25, 0.3) is 0 Å². The molecular weight excluding hydrogens is 344 g/mol. The third-order valence-electron chi connectivity index (χ3n) is 4.77. The number of hydrogen-bond acceptors (Lipinski definition) is 5. The van der Waals surface area contributed by atoms with E-state index in [1.54, 1.807) is 23.5 Å². The summed E-state index contributed by atoms with van der Waals surface area (Å²) in [6.45, 7) is 4.76. The summed E-state index contributed by atoms with van der Waals surface area (Å²) in [5, 5.41) is 6.13. The van der Waals surface area contributed by atoms with Crippen LogP contribution < -0.4 is 10.6 Å². The molecule has 0 saturated carbocycles. The predicted molar refractivity (Wildman–Crippen MR) is 101 cm³/mol. The Bertz CT molecular complexity index is 761. The fraction of sp³-hybridized carbons (Fsp3) is 0.474.